The van der Waals surface area contributed by atoms with Crippen LogP contribution in [0.5, 0.6) is 0 Å². The van der Waals surface area contributed by atoms with Crippen molar-refractivity contribution in [2.45, 2.75) is 31.4 Å². The van der Waals surface area contributed by atoms with E-state index in [4.69, 9.17) is 10.5 Å². The second kappa shape index (κ2) is 5.87. The van der Waals surface area contributed by atoms with Crippen molar-refractivity contribution >= 4 is 29.2 Å². The lowest BCUT2D eigenvalue weighted by atomic mass is 10.2. The summed E-state index contributed by atoms with van der Waals surface area (Å²) in [6.07, 6.45) is 0. The molecular weight excluding hydrogens is 270 g/mol. The number of pyridine rings is 1. The highest BCUT2D eigenvalue weighted by atomic mass is 32.2. The number of rotatable bonds is 4. The normalized spacial score (nSPS) is 11.1. The molecule has 1 heterocycles. The average molecular weight is 285 g/mol. The maximum absolute atomic E-state index is 11.5. The van der Waals surface area contributed by atoms with Gasteiger partial charge >= 0.3 is 11.7 Å². The van der Waals surface area contributed by atoms with E-state index in [-0.39, 0.29) is 23.2 Å². The first-order valence-corrected chi connectivity index (χ1v) is 6.43. The fourth-order valence-electron chi connectivity index (χ4n) is 1.19. The Morgan fingerprint density at radius 3 is 2.63 bits per heavy atom. The summed E-state index contributed by atoms with van der Waals surface area (Å²) in [7, 11) is 0. The van der Waals surface area contributed by atoms with Crippen molar-refractivity contribution in [1.82, 2.24) is 4.98 Å². The van der Waals surface area contributed by atoms with E-state index in [1.165, 1.54) is 12.1 Å². The number of aromatic nitrogens is 1. The molecule has 19 heavy (non-hydrogen) atoms. The zero-order valence-corrected chi connectivity index (χ0v) is 11.7. The molecule has 0 aliphatic carbocycles. The first-order chi connectivity index (χ1) is 8.69. The van der Waals surface area contributed by atoms with Gasteiger partial charge in [0.25, 0.3) is 0 Å². The molecule has 0 spiro atoms. The molecular formula is C11H15N3O4S. The van der Waals surface area contributed by atoms with Crippen LogP contribution < -0.4 is 5.73 Å². The van der Waals surface area contributed by atoms with Crippen LogP contribution in [0.3, 0.4) is 0 Å². The van der Waals surface area contributed by atoms with Gasteiger partial charge in [-0.3, -0.25) is 14.9 Å². The number of nitrogen functional groups attached to an aromatic ring is 1. The molecule has 0 radical (unpaired) electrons. The van der Waals surface area contributed by atoms with Crippen LogP contribution in [0.15, 0.2) is 17.2 Å². The van der Waals surface area contributed by atoms with Gasteiger partial charge in [0.2, 0.25) is 5.82 Å². The Labute approximate surface area is 114 Å². The number of anilines is 1. The summed E-state index contributed by atoms with van der Waals surface area (Å²) in [4.78, 5) is 25.3. The van der Waals surface area contributed by atoms with E-state index >= 15 is 0 Å². The lowest BCUT2D eigenvalue weighted by Crippen LogP contribution is -2.24. The summed E-state index contributed by atoms with van der Waals surface area (Å²) >= 11 is 1.12. The van der Waals surface area contributed by atoms with Crippen LogP contribution in [-0.2, 0) is 9.53 Å². The van der Waals surface area contributed by atoms with Crippen LogP contribution >= 0.6 is 11.8 Å². The van der Waals surface area contributed by atoms with Crippen molar-refractivity contribution in [3.8, 4) is 0 Å². The van der Waals surface area contributed by atoms with E-state index in [9.17, 15) is 14.9 Å². The third-order valence-corrected chi connectivity index (χ3v) is 2.73. The molecule has 0 fully saturated rings. The second-order valence-electron chi connectivity index (χ2n) is 4.69. The quantitative estimate of drug-likeness (QED) is 0.390. The molecule has 0 aromatic carbocycles. The van der Waals surface area contributed by atoms with E-state index < -0.39 is 10.5 Å². The van der Waals surface area contributed by atoms with E-state index in [0.29, 0.717) is 5.03 Å². The van der Waals surface area contributed by atoms with E-state index in [1.54, 1.807) is 20.8 Å². The Morgan fingerprint density at radius 2 is 2.16 bits per heavy atom. The van der Waals surface area contributed by atoms with Gasteiger partial charge in [0.05, 0.1) is 15.7 Å². The van der Waals surface area contributed by atoms with Gasteiger partial charge in [-0.05, 0) is 26.8 Å². The van der Waals surface area contributed by atoms with Gasteiger partial charge < -0.3 is 10.5 Å². The average Bonchev–Trinajstić information content (AvgIpc) is 2.23. The van der Waals surface area contributed by atoms with Gasteiger partial charge in [0, 0.05) is 6.07 Å². The minimum absolute atomic E-state index is 0.0710. The number of nitrogens with zero attached hydrogens (tertiary/aromatic N) is 2. The van der Waals surface area contributed by atoms with Crippen LogP contribution in [-0.4, -0.2) is 27.2 Å². The minimum atomic E-state index is -0.607. The Morgan fingerprint density at radius 1 is 1.53 bits per heavy atom. The topological polar surface area (TPSA) is 108 Å². The minimum Gasteiger partial charge on any atom is -0.459 e. The number of hydrogen-bond acceptors (Lipinski definition) is 7. The fraction of sp³-hybridized carbons (Fsp3) is 0.455. The monoisotopic (exact) mass is 285 g/mol. The second-order valence-corrected chi connectivity index (χ2v) is 5.68. The molecule has 0 amide bonds. The Balaban J connectivity index is 2.62. The van der Waals surface area contributed by atoms with E-state index in [0.717, 1.165) is 11.8 Å². The number of carbonyl (C=O) groups is 1. The fourth-order valence-corrected chi connectivity index (χ4v) is 1.84. The van der Waals surface area contributed by atoms with Crippen molar-refractivity contribution in [3.05, 3.63) is 22.2 Å². The number of nitro groups is 1. The first-order valence-electron chi connectivity index (χ1n) is 5.44. The predicted molar refractivity (Wildman–Crippen MR) is 71.9 cm³/mol. The molecule has 1 rings (SSSR count). The molecule has 0 saturated carbocycles. The van der Waals surface area contributed by atoms with Crippen molar-refractivity contribution in [1.29, 1.82) is 0 Å². The highest BCUT2D eigenvalue weighted by Crippen LogP contribution is 2.24. The molecule has 2 N–H and O–H groups in total. The third-order valence-electron chi connectivity index (χ3n) is 1.83. The lowest BCUT2D eigenvalue weighted by Gasteiger charge is -2.19. The molecule has 0 aliphatic rings. The summed E-state index contributed by atoms with van der Waals surface area (Å²) < 4.78 is 5.12. The van der Waals surface area contributed by atoms with Crippen LogP contribution in [0.25, 0.3) is 0 Å². The van der Waals surface area contributed by atoms with Crippen molar-refractivity contribution in [2.24, 2.45) is 0 Å². The molecule has 104 valence electrons. The summed E-state index contributed by atoms with van der Waals surface area (Å²) in [6, 6.07) is 2.71. The number of carbonyl (C=O) groups excluding carboxylic acids is 1. The molecule has 0 atom stereocenters. The number of nitrogens with two attached hydrogens (primary N) is 1. The van der Waals surface area contributed by atoms with E-state index in [1.807, 2.05) is 0 Å². The van der Waals surface area contributed by atoms with Crippen LogP contribution in [0.2, 0.25) is 0 Å². The predicted octanol–water partition coefficient (Wildman–Crippen LogP) is 2.01. The van der Waals surface area contributed by atoms with Gasteiger partial charge in [-0.2, -0.15) is 0 Å². The highest BCUT2D eigenvalue weighted by Gasteiger charge is 2.17. The number of thioether (sulfide) groups is 1. The van der Waals surface area contributed by atoms with Crippen LogP contribution in [0.4, 0.5) is 11.5 Å². The van der Waals surface area contributed by atoms with E-state index in [2.05, 4.69) is 4.98 Å². The third kappa shape index (κ3) is 5.12. The maximum atomic E-state index is 11.5. The smallest absolute Gasteiger partial charge is 0.316 e. The molecule has 0 unspecified atom stereocenters. The standard InChI is InChI=1S/C11H15N3O4S/c1-11(2,3)18-9(15)6-19-8-5-4-7(14(16)17)10(12)13-8/h4-5H,6H2,1-3H3,(H2,12,13). The van der Waals surface area contributed by atoms with Crippen molar-refractivity contribution in [2.75, 3.05) is 11.5 Å². The highest BCUT2D eigenvalue weighted by molar-refractivity contribution is 7.99. The number of hydrogen-bond donors (Lipinski definition) is 1. The maximum Gasteiger partial charge on any atom is 0.316 e. The molecule has 0 bridgehead atoms. The molecule has 8 heteroatoms. The van der Waals surface area contributed by atoms with Crippen LogP contribution in [0.1, 0.15) is 20.8 Å². The summed E-state index contributed by atoms with van der Waals surface area (Å²) in [5.41, 5.74) is 4.66. The summed E-state index contributed by atoms with van der Waals surface area (Å²) in [5, 5.41) is 11.0. The first kappa shape index (κ1) is 15.2. The zero-order chi connectivity index (χ0) is 14.6. The van der Waals surface area contributed by atoms with Gasteiger partial charge in [0.1, 0.15) is 5.60 Å². The van der Waals surface area contributed by atoms with Gasteiger partial charge in [-0.15, -0.1) is 0 Å². The summed E-state index contributed by atoms with van der Waals surface area (Å²) in [6.45, 7) is 5.33. The lowest BCUT2D eigenvalue weighted by molar-refractivity contribution is -0.384. The molecule has 7 nitrogen and oxygen atoms in total. The Hall–Kier alpha value is -1.83. The van der Waals surface area contributed by atoms with Gasteiger partial charge in [0.15, 0.2) is 0 Å². The molecule has 0 saturated heterocycles. The Bertz CT molecular complexity index is 499. The molecule has 0 aliphatic heterocycles. The summed E-state index contributed by atoms with van der Waals surface area (Å²) in [5.74, 6) is -0.475. The largest absolute Gasteiger partial charge is 0.459 e. The van der Waals surface area contributed by atoms with Gasteiger partial charge in [-0.1, -0.05) is 11.8 Å². The molecule has 1 aromatic rings. The SMILES string of the molecule is CC(C)(C)OC(=O)CSc1ccc([N+](=O)[O-])c(N)n1. The van der Waals surface area contributed by atoms with Gasteiger partial charge in [-0.25, -0.2) is 4.98 Å². The van der Waals surface area contributed by atoms with Crippen LogP contribution in [0, 0.1) is 10.1 Å². The molecule has 1 aromatic heterocycles. The van der Waals surface area contributed by atoms with Crippen molar-refractivity contribution in [3.63, 3.8) is 0 Å². The van der Waals surface area contributed by atoms with Crippen molar-refractivity contribution < 1.29 is 14.5 Å². The number of ether oxygens (including phenoxy) is 1. The zero-order valence-electron chi connectivity index (χ0n) is 10.9. The Kier molecular flexibility index (Phi) is 4.71. The number of esters is 1.